The smallest absolute Gasteiger partial charge is 0.460 e. The molecule has 1 rings (SSSR count). The van der Waals surface area contributed by atoms with Crippen molar-refractivity contribution >= 4 is 34.1 Å². The molecule has 0 aliphatic carbocycles. The predicted molar refractivity (Wildman–Crippen MR) is 102 cm³/mol. The summed E-state index contributed by atoms with van der Waals surface area (Å²) >= 11 is -0.0541. The zero-order chi connectivity index (χ0) is 30.4. The van der Waals surface area contributed by atoms with Crippen LogP contribution in [0.25, 0.3) is 0 Å². The van der Waals surface area contributed by atoms with Crippen LogP contribution in [0, 0.1) is 6.92 Å². The van der Waals surface area contributed by atoms with Crippen LogP contribution in [-0.2, 0) is 9.53 Å². The Morgan fingerprint density at radius 1 is 0.816 bits per heavy atom. The zero-order valence-corrected chi connectivity index (χ0v) is 19.9. The summed E-state index contributed by atoms with van der Waals surface area (Å²) in [6.07, 6.45) is -7.61. The summed E-state index contributed by atoms with van der Waals surface area (Å²) in [4.78, 5) is 36.6. The lowest BCUT2D eigenvalue weighted by molar-refractivity contribution is -0.435. The van der Waals surface area contributed by atoms with E-state index in [2.05, 4.69) is 4.74 Å². The van der Waals surface area contributed by atoms with Crippen LogP contribution in [0.4, 0.5) is 62.1 Å². The van der Waals surface area contributed by atoms with Gasteiger partial charge < -0.3 is 15.0 Å². The maximum Gasteiger partial charge on any atom is 0.460 e. The number of alkyl halides is 13. The predicted octanol–water partition coefficient (Wildman–Crippen LogP) is 5.61. The fourth-order valence-corrected chi connectivity index (χ4v) is 3.76. The highest BCUT2D eigenvalue weighted by Gasteiger charge is 2.91. The van der Waals surface area contributed by atoms with Gasteiger partial charge in [-0.3, -0.25) is 9.59 Å². The number of nitrogens with one attached hydrogen (secondary N) is 1. The number of anilines is 1. The van der Waals surface area contributed by atoms with Crippen molar-refractivity contribution in [1.82, 2.24) is 4.90 Å². The maximum atomic E-state index is 14.2. The van der Waals surface area contributed by atoms with E-state index in [0.29, 0.717) is 0 Å². The molecule has 0 saturated carbocycles. The van der Waals surface area contributed by atoms with E-state index >= 15 is 0 Å². The molecule has 1 N–H and O–H groups in total. The third kappa shape index (κ3) is 4.97. The van der Waals surface area contributed by atoms with Crippen LogP contribution in [0.2, 0.25) is 0 Å². The second-order valence-corrected chi connectivity index (χ2v) is 8.52. The molecule has 0 spiro atoms. The van der Waals surface area contributed by atoms with Crippen molar-refractivity contribution in [2.24, 2.45) is 0 Å². The SMILES string of the molecule is CCOC(=O)c1c(NC(=O)C(F)(F)C(F)(F)C(F)(F)C(F)(F)C(F)(F)C(F)(F)F)sc(C(=O)N(C)C)c1C. The van der Waals surface area contributed by atoms with Crippen LogP contribution in [0.1, 0.15) is 32.5 Å². The van der Waals surface area contributed by atoms with Gasteiger partial charge in [0.05, 0.1) is 17.0 Å². The quantitative estimate of drug-likeness (QED) is 0.295. The van der Waals surface area contributed by atoms with Crippen molar-refractivity contribution in [3.05, 3.63) is 16.0 Å². The summed E-state index contributed by atoms with van der Waals surface area (Å²) in [6.45, 7) is 1.79. The van der Waals surface area contributed by atoms with Crippen molar-refractivity contribution < 1.29 is 76.2 Å². The molecular weight excluding hydrogens is 587 g/mol. The van der Waals surface area contributed by atoms with Gasteiger partial charge in [-0.15, -0.1) is 11.3 Å². The molecule has 0 aromatic carbocycles. The number of halogens is 13. The first-order valence-electron chi connectivity index (χ1n) is 9.55. The molecule has 0 bridgehead atoms. The first-order valence-corrected chi connectivity index (χ1v) is 10.4. The van der Waals surface area contributed by atoms with E-state index in [0.717, 1.165) is 31.2 Å². The second-order valence-electron chi connectivity index (χ2n) is 7.50. The molecule has 2 amide bonds. The highest BCUT2D eigenvalue weighted by atomic mass is 32.1. The van der Waals surface area contributed by atoms with Crippen LogP contribution in [0.3, 0.4) is 0 Å². The lowest BCUT2D eigenvalue weighted by atomic mass is 9.93. The van der Waals surface area contributed by atoms with Gasteiger partial charge in [0.25, 0.3) is 5.91 Å². The number of hydrogen-bond donors (Lipinski definition) is 1. The van der Waals surface area contributed by atoms with E-state index in [4.69, 9.17) is 0 Å². The molecule has 20 heteroatoms. The number of carbonyl (C=O) groups excluding carboxylic acids is 3. The van der Waals surface area contributed by atoms with E-state index in [-0.39, 0.29) is 11.3 Å². The van der Waals surface area contributed by atoms with Crippen LogP contribution in [0.5, 0.6) is 0 Å². The van der Waals surface area contributed by atoms with E-state index < -0.39 is 81.2 Å². The number of carbonyl (C=O) groups is 3. The standard InChI is InChI=1S/C18H15F13N2O4S/c1-5-37-11(35)7-6(2)8(10(34)33(3)4)38-9(7)32-12(36)13(19,20)14(21,22)15(23,24)16(25,26)17(27,28)18(29,30)31/h5H2,1-4H3,(H,32,36). The highest BCUT2D eigenvalue weighted by molar-refractivity contribution is 7.18. The lowest BCUT2D eigenvalue weighted by Gasteiger charge is -2.39. The van der Waals surface area contributed by atoms with E-state index in [1.54, 1.807) is 0 Å². The van der Waals surface area contributed by atoms with Crippen molar-refractivity contribution in [3.8, 4) is 0 Å². The normalized spacial score (nSPS) is 13.8. The number of esters is 1. The highest BCUT2D eigenvalue weighted by Crippen LogP contribution is 2.60. The molecule has 1 heterocycles. The average Bonchev–Trinajstić information content (AvgIpc) is 3.07. The molecule has 1 aromatic heterocycles. The van der Waals surface area contributed by atoms with Gasteiger partial charge in [0.15, 0.2) is 0 Å². The van der Waals surface area contributed by atoms with E-state index in [1.165, 1.54) is 6.92 Å². The first-order chi connectivity index (χ1) is 16.8. The molecule has 0 atom stereocenters. The number of amides is 2. The van der Waals surface area contributed by atoms with Crippen molar-refractivity contribution in [2.45, 2.75) is 49.6 Å². The van der Waals surface area contributed by atoms with Gasteiger partial charge in [-0.2, -0.15) is 57.1 Å². The summed E-state index contributed by atoms with van der Waals surface area (Å²) in [5.41, 5.74) is -1.34. The Balaban J connectivity index is 3.65. The first kappa shape index (κ1) is 33.2. The molecule has 218 valence electrons. The Hall–Kier alpha value is -2.80. The minimum atomic E-state index is -8.19. The van der Waals surface area contributed by atoms with Crippen LogP contribution in [0.15, 0.2) is 0 Å². The Morgan fingerprint density at radius 2 is 1.26 bits per heavy atom. The summed E-state index contributed by atoms with van der Waals surface area (Å²) in [5, 5.41) is -0.386. The molecule has 0 unspecified atom stereocenters. The fourth-order valence-electron chi connectivity index (χ4n) is 2.55. The van der Waals surface area contributed by atoms with Crippen molar-refractivity contribution in [3.63, 3.8) is 0 Å². The molecule has 6 nitrogen and oxygen atoms in total. The van der Waals surface area contributed by atoms with Crippen LogP contribution < -0.4 is 5.32 Å². The monoisotopic (exact) mass is 602 g/mol. The van der Waals surface area contributed by atoms with Crippen molar-refractivity contribution in [2.75, 3.05) is 26.0 Å². The Morgan fingerprint density at radius 3 is 1.66 bits per heavy atom. The van der Waals surface area contributed by atoms with Gasteiger partial charge in [-0.1, -0.05) is 0 Å². The number of ether oxygens (including phenoxy) is 1. The summed E-state index contributed by atoms with van der Waals surface area (Å²) in [6, 6.07) is 0. The molecule has 0 aliphatic heterocycles. The molecule has 38 heavy (non-hydrogen) atoms. The van der Waals surface area contributed by atoms with Crippen LogP contribution in [-0.4, -0.2) is 79.2 Å². The number of rotatable bonds is 9. The summed E-state index contributed by atoms with van der Waals surface area (Å²) in [7, 11) is 2.30. The molecule has 0 saturated heterocycles. The Labute approximate surface area is 207 Å². The van der Waals surface area contributed by atoms with Crippen molar-refractivity contribution in [1.29, 1.82) is 0 Å². The number of thiophene rings is 1. The zero-order valence-electron chi connectivity index (χ0n) is 19.1. The molecule has 0 radical (unpaired) electrons. The topological polar surface area (TPSA) is 75.7 Å². The van der Waals surface area contributed by atoms with E-state index in [9.17, 15) is 71.5 Å². The molecular formula is C18H15F13N2O4S. The molecule has 0 fully saturated rings. The maximum absolute atomic E-state index is 14.2. The van der Waals surface area contributed by atoms with Gasteiger partial charge >= 0.3 is 47.7 Å². The fraction of sp³-hybridized carbons (Fsp3) is 0.611. The summed E-state index contributed by atoms with van der Waals surface area (Å²) < 4.78 is 178. The van der Waals surface area contributed by atoms with Gasteiger partial charge in [-0.25, -0.2) is 4.79 Å². The molecule has 0 aliphatic rings. The van der Waals surface area contributed by atoms with E-state index in [1.807, 2.05) is 0 Å². The van der Waals surface area contributed by atoms with Gasteiger partial charge in [0, 0.05) is 14.1 Å². The average molecular weight is 602 g/mol. The molecule has 1 aromatic rings. The lowest BCUT2D eigenvalue weighted by Crippen LogP contribution is -2.71. The number of nitrogens with zero attached hydrogens (tertiary/aromatic N) is 1. The number of hydrogen-bond acceptors (Lipinski definition) is 5. The third-order valence-corrected chi connectivity index (χ3v) is 5.87. The Kier molecular flexibility index (Phi) is 8.80. The minimum absolute atomic E-state index is 0.0541. The Bertz CT molecular complexity index is 1100. The van der Waals surface area contributed by atoms with Crippen LogP contribution >= 0.6 is 11.3 Å². The van der Waals surface area contributed by atoms with Gasteiger partial charge in [0.1, 0.15) is 5.00 Å². The largest absolute Gasteiger partial charge is 0.462 e. The second kappa shape index (κ2) is 10.1. The van der Waals surface area contributed by atoms with Gasteiger partial charge in [0.2, 0.25) is 0 Å². The minimum Gasteiger partial charge on any atom is -0.462 e. The van der Waals surface area contributed by atoms with Gasteiger partial charge in [-0.05, 0) is 19.4 Å². The summed E-state index contributed by atoms with van der Waals surface area (Å²) in [5.74, 6) is -45.3. The third-order valence-electron chi connectivity index (χ3n) is 4.67.